The Hall–Kier alpha value is -7.97. The molecule has 2 heterocycles. The Kier molecular flexibility index (Phi) is 9.11. The van der Waals surface area contributed by atoms with Gasteiger partial charge in [-0.2, -0.15) is 0 Å². The lowest BCUT2D eigenvalue weighted by Crippen LogP contribution is -2.25. The van der Waals surface area contributed by atoms with Gasteiger partial charge in [0.2, 0.25) is 0 Å². The van der Waals surface area contributed by atoms with Crippen LogP contribution in [0.5, 0.6) is 0 Å². The van der Waals surface area contributed by atoms with Crippen molar-refractivity contribution in [1.82, 2.24) is 4.57 Å². The molecule has 0 spiro atoms. The molecule has 0 aliphatic carbocycles. The molecule has 0 aliphatic rings. The van der Waals surface area contributed by atoms with E-state index in [-0.39, 0.29) is 0 Å². The molecule has 2 aromatic heterocycles. The van der Waals surface area contributed by atoms with Crippen molar-refractivity contribution in [3.05, 3.63) is 243 Å². The lowest BCUT2D eigenvalue weighted by molar-refractivity contribution is 0.592. The molecular formula is C60H40NO2P. The van der Waals surface area contributed by atoms with Crippen molar-refractivity contribution in [1.29, 1.82) is 0 Å². The summed E-state index contributed by atoms with van der Waals surface area (Å²) >= 11 is 0. The molecule has 10 aromatic carbocycles. The molecule has 0 saturated carbocycles. The van der Waals surface area contributed by atoms with Crippen LogP contribution in [0.1, 0.15) is 0 Å². The molecule has 1 unspecified atom stereocenters. The van der Waals surface area contributed by atoms with Crippen molar-refractivity contribution in [2.45, 2.75) is 0 Å². The van der Waals surface area contributed by atoms with Crippen LogP contribution in [0.3, 0.4) is 0 Å². The number of hydrogen-bond acceptors (Lipinski definition) is 2. The molecular weight excluding hydrogens is 798 g/mol. The van der Waals surface area contributed by atoms with E-state index in [0.29, 0.717) is 0 Å². The smallest absolute Gasteiger partial charge is 0.171 e. The van der Waals surface area contributed by atoms with Crippen LogP contribution in [0.2, 0.25) is 0 Å². The zero-order chi connectivity index (χ0) is 42.6. The molecule has 0 amide bonds. The van der Waals surface area contributed by atoms with Crippen molar-refractivity contribution in [2.24, 2.45) is 0 Å². The fraction of sp³-hybridized carbons (Fsp3) is 0. The summed E-state index contributed by atoms with van der Waals surface area (Å²) in [6, 6.07) is 84.4. The number of para-hydroxylation sites is 1. The summed E-state index contributed by atoms with van der Waals surface area (Å²) in [6.45, 7) is 0. The zero-order valence-corrected chi connectivity index (χ0v) is 35.7. The minimum atomic E-state index is -3.39. The maximum absolute atomic E-state index is 16.2. The molecule has 3 nitrogen and oxygen atoms in total. The van der Waals surface area contributed by atoms with E-state index in [0.717, 1.165) is 76.8 Å². The van der Waals surface area contributed by atoms with E-state index in [9.17, 15) is 0 Å². The second kappa shape index (κ2) is 15.4. The monoisotopic (exact) mass is 837 g/mol. The third kappa shape index (κ3) is 6.40. The van der Waals surface area contributed by atoms with Gasteiger partial charge in [0, 0.05) is 43.1 Å². The maximum atomic E-state index is 16.2. The topological polar surface area (TPSA) is 35.1 Å². The molecule has 4 heteroatoms. The highest BCUT2D eigenvalue weighted by molar-refractivity contribution is 7.85. The highest BCUT2D eigenvalue weighted by atomic mass is 31.2. The molecule has 0 N–H and O–H groups in total. The summed E-state index contributed by atoms with van der Waals surface area (Å²) in [4.78, 5) is 0. The normalized spacial score (nSPS) is 12.6. The van der Waals surface area contributed by atoms with E-state index in [4.69, 9.17) is 4.42 Å². The van der Waals surface area contributed by atoms with Gasteiger partial charge in [0.15, 0.2) is 7.14 Å². The highest BCUT2D eigenvalue weighted by Gasteiger charge is 2.31. The molecule has 1 atom stereocenters. The van der Waals surface area contributed by atoms with Crippen molar-refractivity contribution in [2.75, 3.05) is 0 Å². The Balaban J connectivity index is 0.969. The van der Waals surface area contributed by atoms with Gasteiger partial charge >= 0.3 is 0 Å². The van der Waals surface area contributed by atoms with Crippen molar-refractivity contribution >= 4 is 66.8 Å². The molecule has 302 valence electrons. The summed E-state index contributed by atoms with van der Waals surface area (Å²) in [6.07, 6.45) is 0. The van der Waals surface area contributed by atoms with Gasteiger partial charge in [0.1, 0.15) is 11.2 Å². The first-order valence-electron chi connectivity index (χ1n) is 21.7. The summed E-state index contributed by atoms with van der Waals surface area (Å²) in [7, 11) is -3.39. The van der Waals surface area contributed by atoms with E-state index >= 15 is 4.57 Å². The number of rotatable bonds is 8. The minimum Gasteiger partial charge on any atom is -0.456 e. The van der Waals surface area contributed by atoms with Crippen LogP contribution < -0.4 is 15.9 Å². The summed E-state index contributed by atoms with van der Waals surface area (Å²) in [5.74, 6) is 0. The summed E-state index contributed by atoms with van der Waals surface area (Å²) in [5.41, 5.74) is 13.9. The molecule has 12 aromatic rings. The number of furan rings is 1. The fourth-order valence-electron chi connectivity index (χ4n) is 9.50. The van der Waals surface area contributed by atoms with Gasteiger partial charge in [-0.05, 0) is 117 Å². The number of fused-ring (bicyclic) bond motifs is 6. The van der Waals surface area contributed by atoms with Crippen molar-refractivity contribution < 1.29 is 8.98 Å². The van der Waals surface area contributed by atoms with Crippen molar-refractivity contribution in [3.63, 3.8) is 0 Å². The Morgan fingerprint density at radius 2 is 0.766 bits per heavy atom. The maximum Gasteiger partial charge on any atom is 0.171 e. The molecule has 64 heavy (non-hydrogen) atoms. The lowest BCUT2D eigenvalue weighted by Gasteiger charge is -2.21. The number of nitrogens with zero attached hydrogens (tertiary/aromatic N) is 1. The van der Waals surface area contributed by atoms with Crippen LogP contribution in [0.25, 0.3) is 93.9 Å². The van der Waals surface area contributed by atoms with E-state index in [1.807, 2.05) is 60.7 Å². The minimum absolute atomic E-state index is 0.757. The van der Waals surface area contributed by atoms with Crippen LogP contribution in [-0.4, -0.2) is 4.57 Å². The molecule has 0 bridgehead atoms. The van der Waals surface area contributed by atoms with Crippen LogP contribution in [0.4, 0.5) is 0 Å². The standard InChI is InChI=1S/C60H40NO2P/c62-64(50-24-8-3-9-25-50,51-26-14-23-47(37-51)46-22-13-21-45(36-46)44-20-12-19-43(35-44)41-15-4-1-5-16-41)52-31-34-60-56(40-52)55-39-49(30-33-59(55)63-60)61-57-28-11-10-27-53(57)54-38-48(29-32-58(54)61)42-17-6-2-7-18-42/h1-40H. The average Bonchev–Trinajstić information content (AvgIpc) is 3.91. The summed E-state index contributed by atoms with van der Waals surface area (Å²) in [5, 5.41) is 6.62. The molecule has 12 rings (SSSR count). The Morgan fingerprint density at radius 3 is 1.44 bits per heavy atom. The number of aromatic nitrogens is 1. The average molecular weight is 838 g/mol. The summed E-state index contributed by atoms with van der Waals surface area (Å²) < 4.78 is 25.1. The zero-order valence-electron chi connectivity index (χ0n) is 34.8. The van der Waals surface area contributed by atoms with Crippen LogP contribution in [0.15, 0.2) is 247 Å². The SMILES string of the molecule is O=P(c1ccccc1)(c1cccc(-c2cccc(-c3cccc(-c4ccccc4)c3)c2)c1)c1ccc2oc3ccc(-n4c5ccccc5c5cc(-c6ccccc6)ccc54)cc3c2c1. The fourth-order valence-corrected chi connectivity index (χ4v) is 12.2. The van der Waals surface area contributed by atoms with Gasteiger partial charge in [0.05, 0.1) is 11.0 Å². The molecule has 0 aliphatic heterocycles. The van der Waals surface area contributed by atoms with Gasteiger partial charge in [-0.25, -0.2) is 0 Å². The van der Waals surface area contributed by atoms with E-state index in [2.05, 4.69) is 187 Å². The first kappa shape index (κ1) is 37.8. The molecule has 0 saturated heterocycles. The predicted octanol–water partition coefficient (Wildman–Crippen LogP) is 15.0. The van der Waals surface area contributed by atoms with Crippen molar-refractivity contribution in [3.8, 4) is 50.2 Å². The van der Waals surface area contributed by atoms with Gasteiger partial charge < -0.3 is 13.5 Å². The highest BCUT2D eigenvalue weighted by Crippen LogP contribution is 2.45. The first-order valence-corrected chi connectivity index (χ1v) is 23.4. The van der Waals surface area contributed by atoms with Gasteiger partial charge in [-0.15, -0.1) is 0 Å². The van der Waals surface area contributed by atoms with E-state index in [1.54, 1.807) is 0 Å². The largest absolute Gasteiger partial charge is 0.456 e. The van der Waals surface area contributed by atoms with E-state index in [1.165, 1.54) is 33.0 Å². The number of hydrogen-bond donors (Lipinski definition) is 0. The Labute approximate surface area is 371 Å². The van der Waals surface area contributed by atoms with Crippen LogP contribution in [-0.2, 0) is 4.57 Å². The van der Waals surface area contributed by atoms with E-state index < -0.39 is 7.14 Å². The first-order chi connectivity index (χ1) is 31.6. The third-order valence-corrected chi connectivity index (χ3v) is 15.7. The second-order valence-electron chi connectivity index (χ2n) is 16.4. The molecule has 0 radical (unpaired) electrons. The number of benzene rings is 10. The second-order valence-corrected chi connectivity index (χ2v) is 19.2. The van der Waals surface area contributed by atoms with Gasteiger partial charge in [-0.3, -0.25) is 0 Å². The van der Waals surface area contributed by atoms with Crippen LogP contribution >= 0.6 is 7.14 Å². The quantitative estimate of drug-likeness (QED) is 0.143. The predicted molar refractivity (Wildman–Crippen MR) is 269 cm³/mol. The van der Waals surface area contributed by atoms with Gasteiger partial charge in [-0.1, -0.05) is 170 Å². The lowest BCUT2D eigenvalue weighted by atomic mass is 9.96. The Bertz CT molecular complexity index is 3750. The molecule has 0 fully saturated rings. The van der Waals surface area contributed by atoms with Crippen LogP contribution in [0, 0.1) is 0 Å². The Morgan fingerprint density at radius 1 is 0.297 bits per heavy atom. The third-order valence-electron chi connectivity index (χ3n) is 12.7. The van der Waals surface area contributed by atoms with Gasteiger partial charge in [0.25, 0.3) is 0 Å².